The van der Waals surface area contributed by atoms with Crippen molar-refractivity contribution >= 4 is 12.3 Å². The second-order valence-corrected chi connectivity index (χ2v) is 8.01. The molecule has 0 saturated carbocycles. The largest absolute Gasteiger partial charge is 0.462 e. The van der Waals surface area contributed by atoms with E-state index in [0.717, 1.165) is 43.6 Å². The Morgan fingerprint density at radius 3 is 2.17 bits per heavy atom. The number of piperidine rings is 1. The number of nitrogens with zero attached hydrogens (tertiary/aromatic N) is 2. The number of hydrogen-bond donors (Lipinski definition) is 0. The fourth-order valence-corrected chi connectivity index (χ4v) is 3.90. The first kappa shape index (κ1) is 22.1. The summed E-state index contributed by atoms with van der Waals surface area (Å²) in [7, 11) is 0. The molecule has 2 aromatic carbocycles. The highest BCUT2D eigenvalue weighted by molar-refractivity contribution is 5.82. The van der Waals surface area contributed by atoms with E-state index >= 15 is 0 Å². The summed E-state index contributed by atoms with van der Waals surface area (Å²) in [4.78, 5) is 19.9. The highest BCUT2D eigenvalue weighted by atomic mass is 16.5. The van der Waals surface area contributed by atoms with E-state index in [9.17, 15) is 4.79 Å². The average molecular weight is 407 g/mol. The molecule has 4 nitrogen and oxygen atoms in total. The van der Waals surface area contributed by atoms with Crippen molar-refractivity contribution in [1.29, 1.82) is 0 Å². The van der Waals surface area contributed by atoms with E-state index in [1.54, 1.807) is 0 Å². The van der Waals surface area contributed by atoms with Gasteiger partial charge in [0.05, 0.1) is 6.34 Å². The van der Waals surface area contributed by atoms with E-state index in [0.29, 0.717) is 0 Å². The lowest BCUT2D eigenvalue weighted by Crippen LogP contribution is -2.37. The van der Waals surface area contributed by atoms with Crippen molar-refractivity contribution in [3.8, 4) is 0 Å². The van der Waals surface area contributed by atoms with Crippen LogP contribution in [0, 0.1) is 0 Å². The Morgan fingerprint density at radius 2 is 1.60 bits per heavy atom. The normalized spacial score (nSPS) is 15.1. The van der Waals surface area contributed by atoms with Gasteiger partial charge in [0, 0.05) is 32.5 Å². The van der Waals surface area contributed by atoms with E-state index in [2.05, 4.69) is 16.8 Å². The van der Waals surface area contributed by atoms with Gasteiger partial charge in [-0.15, -0.1) is 0 Å². The molecule has 0 spiro atoms. The lowest BCUT2D eigenvalue weighted by Gasteiger charge is -2.31. The number of carbonyl (C=O) groups is 1. The van der Waals surface area contributed by atoms with E-state index < -0.39 is 0 Å². The summed E-state index contributed by atoms with van der Waals surface area (Å²) in [5.41, 5.74) is 1.95. The van der Waals surface area contributed by atoms with Gasteiger partial charge in [-0.25, -0.2) is 0 Å². The van der Waals surface area contributed by atoms with E-state index in [4.69, 9.17) is 4.74 Å². The Hall–Kier alpha value is -2.62. The number of unbranched alkanes of at least 4 members (excludes halogenated alkanes) is 3. The molecule has 0 N–H and O–H groups in total. The van der Waals surface area contributed by atoms with Gasteiger partial charge in [0.15, 0.2) is 0 Å². The van der Waals surface area contributed by atoms with Gasteiger partial charge < -0.3 is 9.64 Å². The zero-order chi connectivity index (χ0) is 21.0. The zero-order valence-electron chi connectivity index (χ0n) is 18.1. The van der Waals surface area contributed by atoms with Crippen LogP contribution in [-0.4, -0.2) is 42.9 Å². The summed E-state index contributed by atoms with van der Waals surface area (Å²) >= 11 is 0. The Labute approximate surface area is 181 Å². The first-order valence-electron chi connectivity index (χ1n) is 11.3. The second-order valence-electron chi connectivity index (χ2n) is 8.01. The third-order valence-electron chi connectivity index (χ3n) is 5.65. The number of aliphatic imine (C=N–C) groups is 1. The average Bonchev–Trinajstić information content (AvgIpc) is 2.79. The number of benzene rings is 2. The second kappa shape index (κ2) is 12.2. The monoisotopic (exact) mass is 406 g/mol. The minimum absolute atomic E-state index is 0.0263. The highest BCUT2D eigenvalue weighted by Gasteiger charge is 2.28. The van der Waals surface area contributed by atoms with Crippen molar-refractivity contribution in [2.45, 2.75) is 57.5 Å². The molecular weight excluding hydrogens is 372 g/mol. The number of ether oxygens (including phenoxy) is 1. The first-order valence-corrected chi connectivity index (χ1v) is 11.3. The highest BCUT2D eigenvalue weighted by Crippen LogP contribution is 2.27. The molecule has 1 heterocycles. The fraction of sp³-hybridized carbons (Fsp3) is 0.462. The maximum absolute atomic E-state index is 13.1. The third kappa shape index (κ3) is 6.72. The van der Waals surface area contributed by atoms with Crippen LogP contribution >= 0.6 is 0 Å². The van der Waals surface area contributed by atoms with Crippen LogP contribution in [0.1, 0.15) is 62.5 Å². The molecule has 0 unspecified atom stereocenters. The molecular formula is C26H34N2O2. The van der Waals surface area contributed by atoms with Gasteiger partial charge in [0.2, 0.25) is 0 Å². The Bertz CT molecular complexity index is 729. The number of hydrogen-bond acceptors (Lipinski definition) is 3. The Kier molecular flexibility index (Phi) is 8.95. The molecule has 0 aromatic heterocycles. The summed E-state index contributed by atoms with van der Waals surface area (Å²) < 4.78 is 5.97. The van der Waals surface area contributed by atoms with Crippen LogP contribution in [0.4, 0.5) is 0 Å². The van der Waals surface area contributed by atoms with Crippen LogP contribution in [0.25, 0.3) is 0 Å². The molecule has 0 atom stereocenters. The molecule has 0 amide bonds. The van der Waals surface area contributed by atoms with Crippen LogP contribution in [0.15, 0.2) is 65.7 Å². The molecule has 0 bridgehead atoms. The van der Waals surface area contributed by atoms with Crippen LogP contribution in [-0.2, 0) is 9.53 Å². The van der Waals surface area contributed by atoms with Crippen LogP contribution in [0.5, 0.6) is 0 Å². The topological polar surface area (TPSA) is 41.9 Å². The molecule has 1 fully saturated rings. The lowest BCUT2D eigenvalue weighted by atomic mass is 9.91. The summed E-state index contributed by atoms with van der Waals surface area (Å²) in [6, 6.07) is 19.8. The molecule has 3 rings (SSSR count). The molecule has 0 radical (unpaired) electrons. The summed E-state index contributed by atoms with van der Waals surface area (Å²) in [6.45, 7) is 4.91. The molecule has 4 heteroatoms. The van der Waals surface area contributed by atoms with E-state index in [1.807, 2.05) is 67.0 Å². The van der Waals surface area contributed by atoms with Crippen molar-refractivity contribution < 1.29 is 9.53 Å². The molecule has 0 aliphatic carbocycles. The summed E-state index contributed by atoms with van der Waals surface area (Å²) in [5, 5.41) is 0. The van der Waals surface area contributed by atoms with E-state index in [1.165, 1.54) is 25.7 Å². The predicted molar refractivity (Wildman–Crippen MR) is 123 cm³/mol. The first-order chi connectivity index (χ1) is 14.8. The van der Waals surface area contributed by atoms with Gasteiger partial charge >= 0.3 is 5.97 Å². The number of rotatable bonds is 10. The quantitative estimate of drug-likeness (QED) is 0.228. The maximum Gasteiger partial charge on any atom is 0.318 e. The smallest absolute Gasteiger partial charge is 0.318 e. The molecule has 2 aromatic rings. The molecule has 1 aliphatic rings. The third-order valence-corrected chi connectivity index (χ3v) is 5.65. The zero-order valence-corrected chi connectivity index (χ0v) is 18.1. The van der Waals surface area contributed by atoms with Gasteiger partial charge in [0.25, 0.3) is 0 Å². The van der Waals surface area contributed by atoms with Gasteiger partial charge in [0.1, 0.15) is 12.0 Å². The summed E-state index contributed by atoms with van der Waals surface area (Å²) in [5.74, 6) is -0.537. The van der Waals surface area contributed by atoms with Crippen molar-refractivity contribution in [3.63, 3.8) is 0 Å². The van der Waals surface area contributed by atoms with E-state index in [-0.39, 0.29) is 18.0 Å². The lowest BCUT2D eigenvalue weighted by molar-refractivity contribution is -0.151. The van der Waals surface area contributed by atoms with Crippen LogP contribution in [0.3, 0.4) is 0 Å². The minimum atomic E-state index is -0.380. The fourth-order valence-electron chi connectivity index (χ4n) is 3.90. The van der Waals surface area contributed by atoms with Gasteiger partial charge in [-0.3, -0.25) is 9.79 Å². The number of carbonyl (C=O) groups excluding carboxylic acids is 1. The standard InChI is InChI=1S/C26H34N2O2/c1-2-3-4-11-18-27-21-28-19-16-24(17-20-28)30-26(29)25(22-12-7-5-8-13-22)23-14-9-6-10-15-23/h5-10,12-15,21,24-25H,2-4,11,16-20H2,1H3. The summed E-state index contributed by atoms with van der Waals surface area (Å²) in [6.07, 6.45) is 8.63. The maximum atomic E-state index is 13.1. The Balaban J connectivity index is 1.52. The van der Waals surface area contributed by atoms with Crippen molar-refractivity contribution in [3.05, 3.63) is 71.8 Å². The predicted octanol–water partition coefficient (Wildman–Crippen LogP) is 5.43. The van der Waals surface area contributed by atoms with Crippen LogP contribution in [0.2, 0.25) is 0 Å². The van der Waals surface area contributed by atoms with Crippen molar-refractivity contribution in [1.82, 2.24) is 4.90 Å². The Morgan fingerprint density at radius 1 is 1.00 bits per heavy atom. The van der Waals surface area contributed by atoms with Gasteiger partial charge in [-0.05, 0) is 17.5 Å². The van der Waals surface area contributed by atoms with Gasteiger partial charge in [-0.2, -0.15) is 0 Å². The molecule has 160 valence electrons. The molecule has 1 aliphatic heterocycles. The minimum Gasteiger partial charge on any atom is -0.462 e. The van der Waals surface area contributed by atoms with Crippen molar-refractivity contribution in [2.75, 3.05) is 19.6 Å². The molecule has 1 saturated heterocycles. The number of esters is 1. The molecule has 30 heavy (non-hydrogen) atoms. The van der Waals surface area contributed by atoms with Crippen LogP contribution < -0.4 is 0 Å². The van der Waals surface area contributed by atoms with Gasteiger partial charge in [-0.1, -0.05) is 86.8 Å². The van der Waals surface area contributed by atoms with Crippen molar-refractivity contribution in [2.24, 2.45) is 4.99 Å². The number of likely N-dealkylation sites (tertiary alicyclic amines) is 1. The SMILES string of the molecule is CCCCCCN=CN1CCC(OC(=O)C(c2ccccc2)c2ccccc2)CC1.